The molecule has 0 spiro atoms. The largest absolute Gasteiger partial charge is 0.497 e. The molecule has 2 atom stereocenters. The van der Waals surface area contributed by atoms with E-state index in [4.69, 9.17) is 17.0 Å². The molecule has 3 heterocycles. The van der Waals surface area contributed by atoms with Gasteiger partial charge in [-0.2, -0.15) is 0 Å². The van der Waals surface area contributed by atoms with Crippen molar-refractivity contribution in [2.75, 3.05) is 13.7 Å². The molecule has 144 valence electrons. The Bertz CT molecular complexity index is 956. The number of nitrogens with zero attached hydrogens (tertiary/aromatic N) is 3. The topological polar surface area (TPSA) is 42.3 Å². The van der Waals surface area contributed by atoms with Crippen LogP contribution in [0.25, 0.3) is 5.69 Å². The third-order valence-electron chi connectivity index (χ3n) is 5.08. The van der Waals surface area contributed by atoms with Gasteiger partial charge in [-0.3, -0.25) is 4.98 Å². The number of hydrogen-bond acceptors (Lipinski definition) is 3. The van der Waals surface area contributed by atoms with Gasteiger partial charge in [0, 0.05) is 36.4 Å². The van der Waals surface area contributed by atoms with Crippen molar-refractivity contribution >= 4 is 17.3 Å². The zero-order valence-corrected chi connectivity index (χ0v) is 16.9. The van der Waals surface area contributed by atoms with Crippen molar-refractivity contribution in [1.29, 1.82) is 0 Å². The molecule has 5 nitrogen and oxygen atoms in total. The maximum absolute atomic E-state index is 5.69. The van der Waals surface area contributed by atoms with Crippen molar-refractivity contribution in [3.05, 3.63) is 78.4 Å². The van der Waals surface area contributed by atoms with Gasteiger partial charge in [-0.05, 0) is 55.0 Å². The zero-order chi connectivity index (χ0) is 19.5. The van der Waals surface area contributed by atoms with Gasteiger partial charge in [-0.15, -0.1) is 0 Å². The normalized spacial score (nSPS) is 18.9. The van der Waals surface area contributed by atoms with Gasteiger partial charge >= 0.3 is 0 Å². The number of thiocarbonyl (C=S) groups is 1. The lowest BCUT2D eigenvalue weighted by molar-refractivity contribution is 0.309. The van der Waals surface area contributed by atoms with Crippen LogP contribution >= 0.6 is 12.2 Å². The van der Waals surface area contributed by atoms with Gasteiger partial charge < -0.3 is 19.5 Å². The second kappa shape index (κ2) is 8.02. The average molecular weight is 393 g/mol. The summed E-state index contributed by atoms with van der Waals surface area (Å²) < 4.78 is 7.63. The Labute approximate surface area is 171 Å². The SMILES string of the molecule is CCCN1C(=S)N[C@@H](c2ccccn2)[C@H]1c1cccn1-c1cccc(OC)c1. The molecule has 1 saturated heterocycles. The van der Waals surface area contributed by atoms with E-state index in [1.54, 1.807) is 7.11 Å². The molecular weight excluding hydrogens is 368 g/mol. The molecule has 0 radical (unpaired) electrons. The van der Waals surface area contributed by atoms with E-state index in [-0.39, 0.29) is 12.1 Å². The van der Waals surface area contributed by atoms with Crippen molar-refractivity contribution in [3.8, 4) is 11.4 Å². The molecule has 1 aliphatic rings. The average Bonchev–Trinajstić information content (AvgIpc) is 3.34. The van der Waals surface area contributed by atoms with E-state index in [1.807, 2.05) is 36.5 Å². The van der Waals surface area contributed by atoms with E-state index in [9.17, 15) is 0 Å². The van der Waals surface area contributed by atoms with E-state index in [0.29, 0.717) is 0 Å². The van der Waals surface area contributed by atoms with Crippen LogP contribution < -0.4 is 10.1 Å². The number of ether oxygens (including phenoxy) is 1. The van der Waals surface area contributed by atoms with E-state index in [0.717, 1.165) is 35.2 Å². The molecule has 1 aliphatic heterocycles. The van der Waals surface area contributed by atoms with Crippen LogP contribution in [0.1, 0.15) is 36.8 Å². The molecule has 0 aliphatic carbocycles. The molecule has 1 aromatic carbocycles. The first-order valence-corrected chi connectivity index (χ1v) is 9.93. The minimum Gasteiger partial charge on any atom is -0.497 e. The molecule has 2 aromatic heterocycles. The highest BCUT2D eigenvalue weighted by Gasteiger charge is 2.40. The fourth-order valence-corrected chi connectivity index (χ4v) is 4.17. The number of rotatable bonds is 6. The van der Waals surface area contributed by atoms with E-state index in [2.05, 4.69) is 57.2 Å². The summed E-state index contributed by atoms with van der Waals surface area (Å²) in [5.74, 6) is 0.837. The van der Waals surface area contributed by atoms with Crippen molar-refractivity contribution in [3.63, 3.8) is 0 Å². The first kappa shape index (κ1) is 18.5. The third-order valence-corrected chi connectivity index (χ3v) is 5.43. The summed E-state index contributed by atoms with van der Waals surface area (Å²) in [4.78, 5) is 6.88. The summed E-state index contributed by atoms with van der Waals surface area (Å²) in [6, 6.07) is 18.4. The molecule has 6 heteroatoms. The Hall–Kier alpha value is -2.86. The first-order chi connectivity index (χ1) is 13.7. The fourth-order valence-electron chi connectivity index (χ4n) is 3.84. The maximum atomic E-state index is 5.69. The van der Waals surface area contributed by atoms with Crippen molar-refractivity contribution in [1.82, 2.24) is 19.8 Å². The number of hydrogen-bond donors (Lipinski definition) is 1. The standard InChI is InChI=1S/C22H24N4OS/c1-3-13-26-21(20(24-22(26)28)18-10-4-5-12-23-18)19-11-7-14-25(19)16-8-6-9-17(15-16)27-2/h4-12,14-15,20-21H,3,13H2,1-2H3,(H,24,28)/t20-,21+/m0/s1. The molecule has 28 heavy (non-hydrogen) atoms. The van der Waals surface area contributed by atoms with Gasteiger partial charge in [0.1, 0.15) is 5.75 Å². The number of nitrogens with one attached hydrogen (secondary N) is 1. The molecule has 0 saturated carbocycles. The van der Waals surface area contributed by atoms with Crippen LogP contribution in [-0.2, 0) is 0 Å². The number of pyridine rings is 1. The molecule has 0 bridgehead atoms. The minimum atomic E-state index is -0.000456. The van der Waals surface area contributed by atoms with Crippen LogP contribution in [0.3, 0.4) is 0 Å². The summed E-state index contributed by atoms with van der Waals surface area (Å²) in [6.45, 7) is 3.07. The number of benzene rings is 1. The predicted octanol–water partition coefficient (Wildman–Crippen LogP) is 4.26. The molecule has 4 rings (SSSR count). The zero-order valence-electron chi connectivity index (χ0n) is 16.1. The molecule has 0 amide bonds. The van der Waals surface area contributed by atoms with Crippen molar-refractivity contribution in [2.24, 2.45) is 0 Å². The summed E-state index contributed by atoms with van der Waals surface area (Å²) in [6.07, 6.45) is 4.94. The molecule has 3 aromatic rings. The summed E-state index contributed by atoms with van der Waals surface area (Å²) >= 11 is 5.69. The Morgan fingerprint density at radius 2 is 2.04 bits per heavy atom. The fraction of sp³-hybridized carbons (Fsp3) is 0.273. The Morgan fingerprint density at radius 1 is 1.14 bits per heavy atom. The first-order valence-electron chi connectivity index (χ1n) is 9.52. The summed E-state index contributed by atoms with van der Waals surface area (Å²) in [5.41, 5.74) is 3.23. The van der Waals surface area contributed by atoms with Crippen LogP contribution in [0.2, 0.25) is 0 Å². The van der Waals surface area contributed by atoms with Crippen LogP contribution in [-0.4, -0.2) is 33.2 Å². The molecule has 1 fully saturated rings. The Balaban J connectivity index is 1.80. The summed E-state index contributed by atoms with van der Waals surface area (Å²) in [7, 11) is 1.69. The smallest absolute Gasteiger partial charge is 0.170 e. The quantitative estimate of drug-likeness (QED) is 0.635. The summed E-state index contributed by atoms with van der Waals surface area (Å²) in [5, 5.41) is 4.28. The number of methoxy groups -OCH3 is 1. The van der Waals surface area contributed by atoms with Gasteiger partial charge in [-0.1, -0.05) is 19.1 Å². The monoisotopic (exact) mass is 392 g/mol. The molecular formula is C22H24N4OS. The van der Waals surface area contributed by atoms with Gasteiger partial charge in [0.25, 0.3) is 0 Å². The van der Waals surface area contributed by atoms with Crippen LogP contribution in [0, 0.1) is 0 Å². The van der Waals surface area contributed by atoms with E-state index in [1.165, 1.54) is 5.69 Å². The van der Waals surface area contributed by atoms with Crippen LogP contribution in [0.15, 0.2) is 67.0 Å². The van der Waals surface area contributed by atoms with Crippen LogP contribution in [0.5, 0.6) is 5.75 Å². The second-order valence-corrected chi connectivity index (χ2v) is 7.21. The highest BCUT2D eigenvalue weighted by atomic mass is 32.1. The van der Waals surface area contributed by atoms with Gasteiger partial charge in [0.15, 0.2) is 5.11 Å². The predicted molar refractivity (Wildman–Crippen MR) is 115 cm³/mol. The third kappa shape index (κ3) is 3.36. The minimum absolute atomic E-state index is 0.000456. The molecule has 1 N–H and O–H groups in total. The maximum Gasteiger partial charge on any atom is 0.170 e. The van der Waals surface area contributed by atoms with Gasteiger partial charge in [0.05, 0.1) is 24.9 Å². The molecule has 0 unspecified atom stereocenters. The highest BCUT2D eigenvalue weighted by Crippen LogP contribution is 2.39. The lowest BCUT2D eigenvalue weighted by Gasteiger charge is -2.28. The second-order valence-electron chi connectivity index (χ2n) is 6.82. The number of aromatic nitrogens is 2. The van der Waals surface area contributed by atoms with Crippen molar-refractivity contribution < 1.29 is 4.74 Å². The van der Waals surface area contributed by atoms with Crippen LogP contribution in [0.4, 0.5) is 0 Å². The lowest BCUT2D eigenvalue weighted by Crippen LogP contribution is -2.31. The van der Waals surface area contributed by atoms with E-state index < -0.39 is 0 Å². The highest BCUT2D eigenvalue weighted by molar-refractivity contribution is 7.80. The Morgan fingerprint density at radius 3 is 2.79 bits per heavy atom. The van der Waals surface area contributed by atoms with Crippen molar-refractivity contribution in [2.45, 2.75) is 25.4 Å². The lowest BCUT2D eigenvalue weighted by atomic mass is 10.0. The van der Waals surface area contributed by atoms with E-state index >= 15 is 0 Å². The van der Waals surface area contributed by atoms with Gasteiger partial charge in [0.2, 0.25) is 0 Å². The van der Waals surface area contributed by atoms with Gasteiger partial charge in [-0.25, -0.2) is 0 Å². The Kier molecular flexibility index (Phi) is 5.30.